The smallest absolute Gasteiger partial charge is 0.0825 e. The molecule has 1 heterocycles. The average molecular weight is 151 g/mol. The fourth-order valence-electron chi connectivity index (χ4n) is 1.42. The van der Waals surface area contributed by atoms with Crippen LogP contribution in [0.25, 0.3) is 0 Å². The van der Waals surface area contributed by atoms with Gasteiger partial charge in [-0.2, -0.15) is 5.10 Å². The Morgan fingerprint density at radius 1 is 1.64 bits per heavy atom. The standard InChI is InChI=1S/C8H13N3/c1-6-5-7(11-10-6)8(9-2)3-4-8/h5,9H,3-4H2,1-2H3,(H,10,11). The lowest BCUT2D eigenvalue weighted by atomic mass is 10.2. The molecule has 0 unspecified atom stereocenters. The van der Waals surface area contributed by atoms with Crippen molar-refractivity contribution in [2.24, 2.45) is 0 Å². The second-order valence-electron chi connectivity index (χ2n) is 3.27. The van der Waals surface area contributed by atoms with Crippen LogP contribution in [0.4, 0.5) is 0 Å². The Kier molecular flexibility index (Phi) is 1.29. The molecule has 0 atom stereocenters. The number of aromatic nitrogens is 2. The highest BCUT2D eigenvalue weighted by Crippen LogP contribution is 2.44. The van der Waals surface area contributed by atoms with Gasteiger partial charge in [-0.3, -0.25) is 5.10 Å². The molecule has 0 amide bonds. The Balaban J connectivity index is 2.29. The average Bonchev–Trinajstić information content (AvgIpc) is 2.70. The number of hydrogen-bond donors (Lipinski definition) is 2. The van der Waals surface area contributed by atoms with Crippen LogP contribution in [0.5, 0.6) is 0 Å². The predicted molar refractivity (Wildman–Crippen MR) is 43.3 cm³/mol. The zero-order valence-corrected chi connectivity index (χ0v) is 6.94. The maximum atomic E-state index is 4.23. The fraction of sp³-hybridized carbons (Fsp3) is 0.625. The molecule has 1 aromatic rings. The van der Waals surface area contributed by atoms with E-state index in [4.69, 9.17) is 0 Å². The molecule has 1 saturated carbocycles. The number of hydrogen-bond acceptors (Lipinski definition) is 2. The van der Waals surface area contributed by atoms with E-state index in [9.17, 15) is 0 Å². The number of nitrogens with one attached hydrogen (secondary N) is 2. The molecule has 0 radical (unpaired) electrons. The summed E-state index contributed by atoms with van der Waals surface area (Å²) in [7, 11) is 2.00. The number of nitrogens with zero attached hydrogens (tertiary/aromatic N) is 1. The van der Waals surface area contributed by atoms with Crippen molar-refractivity contribution < 1.29 is 0 Å². The molecule has 0 aliphatic heterocycles. The van der Waals surface area contributed by atoms with Gasteiger partial charge in [-0.1, -0.05) is 0 Å². The molecule has 3 heteroatoms. The van der Waals surface area contributed by atoms with Gasteiger partial charge in [0.15, 0.2) is 0 Å². The third-order valence-corrected chi connectivity index (χ3v) is 2.42. The molecule has 1 fully saturated rings. The highest BCUT2D eigenvalue weighted by atomic mass is 15.2. The molecule has 11 heavy (non-hydrogen) atoms. The molecule has 2 N–H and O–H groups in total. The van der Waals surface area contributed by atoms with E-state index >= 15 is 0 Å². The summed E-state index contributed by atoms with van der Waals surface area (Å²) in [5.41, 5.74) is 2.52. The Morgan fingerprint density at radius 2 is 2.36 bits per heavy atom. The van der Waals surface area contributed by atoms with E-state index in [0.717, 1.165) is 11.4 Å². The van der Waals surface area contributed by atoms with Gasteiger partial charge < -0.3 is 5.32 Å². The second-order valence-corrected chi connectivity index (χ2v) is 3.27. The monoisotopic (exact) mass is 151 g/mol. The maximum absolute atomic E-state index is 4.23. The first-order valence-corrected chi connectivity index (χ1v) is 3.98. The molecule has 1 aliphatic carbocycles. The minimum Gasteiger partial charge on any atom is -0.309 e. The van der Waals surface area contributed by atoms with Gasteiger partial charge in [-0.05, 0) is 32.9 Å². The summed E-state index contributed by atoms with van der Waals surface area (Å²) in [5, 5.41) is 10.5. The third kappa shape index (κ3) is 0.959. The van der Waals surface area contributed by atoms with E-state index < -0.39 is 0 Å². The highest BCUT2D eigenvalue weighted by Gasteiger charge is 2.44. The number of aryl methyl sites for hydroxylation is 1. The van der Waals surface area contributed by atoms with Crippen LogP contribution in [0.15, 0.2) is 6.07 Å². The zero-order valence-electron chi connectivity index (χ0n) is 6.94. The van der Waals surface area contributed by atoms with E-state index in [1.165, 1.54) is 12.8 Å². The van der Waals surface area contributed by atoms with Gasteiger partial charge in [0.2, 0.25) is 0 Å². The van der Waals surface area contributed by atoms with E-state index in [-0.39, 0.29) is 5.54 Å². The van der Waals surface area contributed by atoms with Crippen molar-refractivity contribution in [1.82, 2.24) is 15.5 Å². The third-order valence-electron chi connectivity index (χ3n) is 2.42. The normalized spacial score (nSPS) is 20.2. The number of H-pyrrole nitrogens is 1. The van der Waals surface area contributed by atoms with Gasteiger partial charge in [0.05, 0.1) is 11.2 Å². The second kappa shape index (κ2) is 2.08. The molecule has 2 rings (SSSR count). The minimum absolute atomic E-state index is 0.213. The van der Waals surface area contributed by atoms with Gasteiger partial charge in [-0.25, -0.2) is 0 Å². The van der Waals surface area contributed by atoms with E-state index in [0.29, 0.717) is 0 Å². The van der Waals surface area contributed by atoms with Crippen LogP contribution in [0, 0.1) is 6.92 Å². The van der Waals surface area contributed by atoms with Crippen LogP contribution < -0.4 is 5.32 Å². The summed E-state index contributed by atoms with van der Waals surface area (Å²) in [4.78, 5) is 0. The van der Waals surface area contributed by atoms with Crippen LogP contribution >= 0.6 is 0 Å². The van der Waals surface area contributed by atoms with Crippen molar-refractivity contribution in [2.75, 3.05) is 7.05 Å². The van der Waals surface area contributed by atoms with Gasteiger partial charge in [0.1, 0.15) is 0 Å². The summed E-state index contributed by atoms with van der Waals surface area (Å²) in [5.74, 6) is 0. The first-order chi connectivity index (χ1) is 5.27. The summed E-state index contributed by atoms with van der Waals surface area (Å²) >= 11 is 0. The van der Waals surface area contributed by atoms with Crippen molar-refractivity contribution in [3.05, 3.63) is 17.5 Å². The number of rotatable bonds is 2. The Labute approximate surface area is 66.2 Å². The SMILES string of the molecule is CNC1(c2cc(C)[nH]n2)CC1. The van der Waals surface area contributed by atoms with E-state index in [1.807, 2.05) is 14.0 Å². The maximum Gasteiger partial charge on any atom is 0.0825 e. The van der Waals surface area contributed by atoms with Gasteiger partial charge >= 0.3 is 0 Å². The first-order valence-electron chi connectivity index (χ1n) is 3.98. The largest absolute Gasteiger partial charge is 0.309 e. The Morgan fingerprint density at radius 3 is 2.73 bits per heavy atom. The molecule has 60 valence electrons. The highest BCUT2D eigenvalue weighted by molar-refractivity contribution is 5.23. The van der Waals surface area contributed by atoms with Crippen LogP contribution in [-0.4, -0.2) is 17.2 Å². The summed E-state index contributed by atoms with van der Waals surface area (Å²) in [6.45, 7) is 2.03. The van der Waals surface area contributed by atoms with Crippen molar-refractivity contribution in [1.29, 1.82) is 0 Å². The van der Waals surface area contributed by atoms with Crippen LogP contribution in [0.2, 0.25) is 0 Å². The molecular formula is C8H13N3. The van der Waals surface area contributed by atoms with Gasteiger partial charge in [-0.15, -0.1) is 0 Å². The molecule has 1 aliphatic rings. The lowest BCUT2D eigenvalue weighted by Crippen LogP contribution is -2.24. The first kappa shape index (κ1) is 6.85. The molecule has 0 spiro atoms. The predicted octanol–water partition coefficient (Wildman–Crippen LogP) is 0.927. The molecule has 0 saturated heterocycles. The molecule has 0 aromatic carbocycles. The van der Waals surface area contributed by atoms with Gasteiger partial charge in [0, 0.05) is 5.69 Å². The lowest BCUT2D eigenvalue weighted by Gasteiger charge is -2.08. The summed E-state index contributed by atoms with van der Waals surface area (Å²) in [6, 6.07) is 2.11. The summed E-state index contributed by atoms with van der Waals surface area (Å²) in [6.07, 6.45) is 2.43. The van der Waals surface area contributed by atoms with Gasteiger partial charge in [0.25, 0.3) is 0 Å². The quantitative estimate of drug-likeness (QED) is 0.660. The number of aromatic amines is 1. The topological polar surface area (TPSA) is 40.7 Å². The van der Waals surface area contributed by atoms with Crippen LogP contribution in [0.1, 0.15) is 24.2 Å². The Hall–Kier alpha value is -0.830. The fourth-order valence-corrected chi connectivity index (χ4v) is 1.42. The Bertz CT molecular complexity index is 260. The minimum atomic E-state index is 0.213. The molecular weight excluding hydrogens is 138 g/mol. The van der Waals surface area contributed by atoms with E-state index in [1.54, 1.807) is 0 Å². The van der Waals surface area contributed by atoms with Crippen molar-refractivity contribution in [2.45, 2.75) is 25.3 Å². The lowest BCUT2D eigenvalue weighted by molar-refractivity contribution is 0.566. The van der Waals surface area contributed by atoms with Crippen LogP contribution in [-0.2, 0) is 5.54 Å². The molecule has 0 bridgehead atoms. The summed E-state index contributed by atoms with van der Waals surface area (Å²) < 4.78 is 0. The molecule has 1 aromatic heterocycles. The zero-order chi connectivity index (χ0) is 7.90. The van der Waals surface area contributed by atoms with Crippen molar-refractivity contribution in [3.8, 4) is 0 Å². The van der Waals surface area contributed by atoms with E-state index in [2.05, 4.69) is 21.6 Å². The van der Waals surface area contributed by atoms with Crippen molar-refractivity contribution >= 4 is 0 Å². The van der Waals surface area contributed by atoms with Crippen molar-refractivity contribution in [3.63, 3.8) is 0 Å². The van der Waals surface area contributed by atoms with Crippen LogP contribution in [0.3, 0.4) is 0 Å². The molecule has 3 nitrogen and oxygen atoms in total.